The molecule has 0 aliphatic carbocycles. The fourth-order valence-corrected chi connectivity index (χ4v) is 2.61. The van der Waals surface area contributed by atoms with Crippen LogP contribution in [0.1, 0.15) is 27.2 Å². The monoisotopic (exact) mass is 365 g/mol. The number of nitrogens with two attached hydrogens (primary N) is 1. The van der Waals surface area contributed by atoms with Crippen molar-refractivity contribution < 1.29 is 29.7 Å². The maximum Gasteiger partial charge on any atom is 0.230 e. The molecule has 0 aliphatic rings. The lowest BCUT2D eigenvalue weighted by Crippen LogP contribution is -3.14. The van der Waals surface area contributed by atoms with Crippen LogP contribution in [-0.2, 0) is 14.4 Å². The maximum atomic E-state index is 12.1. The highest BCUT2D eigenvalue weighted by Crippen LogP contribution is 2.13. The van der Waals surface area contributed by atoms with Gasteiger partial charge < -0.3 is 30.8 Å². The van der Waals surface area contributed by atoms with Crippen LogP contribution in [0, 0.1) is 0 Å². The maximum absolute atomic E-state index is 12.1. The van der Waals surface area contributed by atoms with Crippen molar-refractivity contribution in [3.63, 3.8) is 0 Å². The van der Waals surface area contributed by atoms with E-state index in [2.05, 4.69) is 24.5 Å². The van der Waals surface area contributed by atoms with E-state index in [-0.39, 0.29) is 12.3 Å². The van der Waals surface area contributed by atoms with E-state index < -0.39 is 17.9 Å². The number of carbonyl (C=O) groups is 3. The molecule has 1 rings (SSSR count). The highest BCUT2D eigenvalue weighted by atomic mass is 16.4. The van der Waals surface area contributed by atoms with Gasteiger partial charge in [0.1, 0.15) is 19.1 Å². The molecule has 8 heteroatoms. The number of hydrogen-bond acceptors (Lipinski definition) is 4. The average molecular weight is 365 g/mol. The molecule has 0 fully saturated rings. The van der Waals surface area contributed by atoms with Crippen LogP contribution in [0.15, 0.2) is 24.3 Å². The molecule has 0 spiro atoms. The molecule has 1 aromatic rings. The zero-order valence-corrected chi connectivity index (χ0v) is 15.6. The quantitative estimate of drug-likeness (QED) is 0.349. The van der Waals surface area contributed by atoms with E-state index in [1.54, 1.807) is 29.6 Å². The van der Waals surface area contributed by atoms with Crippen LogP contribution >= 0.6 is 0 Å². The number of quaternary nitrogens is 2. The Kier molecular flexibility index (Phi) is 9.32. The van der Waals surface area contributed by atoms with Crippen molar-refractivity contribution in [1.29, 1.82) is 0 Å². The number of benzene rings is 1. The number of amides is 2. The number of carboxylic acids is 1. The number of aliphatic carboxylic acids is 1. The molecule has 0 heterocycles. The summed E-state index contributed by atoms with van der Waals surface area (Å²) in [6.45, 7) is 9.00. The Bertz CT molecular complexity index is 600. The van der Waals surface area contributed by atoms with Gasteiger partial charge in [-0.25, -0.2) is 0 Å². The van der Waals surface area contributed by atoms with E-state index in [9.17, 15) is 19.5 Å². The van der Waals surface area contributed by atoms with E-state index in [1.807, 2.05) is 0 Å². The van der Waals surface area contributed by atoms with E-state index in [0.29, 0.717) is 17.9 Å². The van der Waals surface area contributed by atoms with E-state index in [4.69, 9.17) is 0 Å². The second-order valence-corrected chi connectivity index (χ2v) is 6.17. The smallest absolute Gasteiger partial charge is 0.230 e. The van der Waals surface area contributed by atoms with E-state index >= 15 is 0 Å². The summed E-state index contributed by atoms with van der Waals surface area (Å²) >= 11 is 0. The Morgan fingerprint density at radius 3 is 2.08 bits per heavy atom. The Hall–Kier alpha value is -2.45. The molecule has 0 bridgehead atoms. The summed E-state index contributed by atoms with van der Waals surface area (Å²) in [6.07, 6.45) is -0.163. The normalized spacial score (nSPS) is 11.8. The van der Waals surface area contributed by atoms with Crippen LogP contribution < -0.4 is 26.0 Å². The average Bonchev–Trinajstić information content (AvgIpc) is 2.58. The van der Waals surface area contributed by atoms with Crippen LogP contribution in [0.5, 0.6) is 0 Å². The van der Waals surface area contributed by atoms with Crippen LogP contribution in [0.25, 0.3) is 0 Å². The fourth-order valence-electron chi connectivity index (χ4n) is 2.61. The summed E-state index contributed by atoms with van der Waals surface area (Å²) < 4.78 is 0. The van der Waals surface area contributed by atoms with Crippen LogP contribution in [0.4, 0.5) is 11.4 Å². The molecular weight excluding hydrogens is 336 g/mol. The third-order valence-corrected chi connectivity index (χ3v) is 4.15. The molecule has 0 saturated heterocycles. The van der Waals surface area contributed by atoms with Crippen molar-refractivity contribution >= 4 is 29.2 Å². The predicted molar refractivity (Wildman–Crippen MR) is 96.5 cm³/mol. The first-order valence-corrected chi connectivity index (χ1v) is 8.90. The van der Waals surface area contributed by atoms with E-state index in [1.165, 1.54) is 11.8 Å². The minimum atomic E-state index is -1.24. The van der Waals surface area contributed by atoms with Crippen LogP contribution in [-0.4, -0.2) is 50.0 Å². The summed E-state index contributed by atoms with van der Waals surface area (Å²) in [5.74, 6) is -1.81. The van der Waals surface area contributed by atoms with Gasteiger partial charge in [-0.2, -0.15) is 0 Å². The summed E-state index contributed by atoms with van der Waals surface area (Å²) in [6, 6.07) is 5.69. The van der Waals surface area contributed by atoms with Crippen molar-refractivity contribution in [1.82, 2.24) is 0 Å². The topological polar surface area (TPSA) is 119 Å². The fraction of sp³-hybridized carbons (Fsp3) is 0.500. The van der Waals surface area contributed by atoms with Gasteiger partial charge in [0, 0.05) is 18.3 Å². The Balaban J connectivity index is 2.51. The molecule has 0 aromatic heterocycles. The lowest BCUT2D eigenvalue weighted by atomic mass is 10.2. The van der Waals surface area contributed by atoms with Gasteiger partial charge in [-0.1, -0.05) is 0 Å². The Morgan fingerprint density at radius 2 is 1.62 bits per heavy atom. The zero-order chi connectivity index (χ0) is 19.5. The Morgan fingerprint density at radius 1 is 1.08 bits per heavy atom. The van der Waals surface area contributed by atoms with Crippen molar-refractivity contribution in [3.05, 3.63) is 24.3 Å². The summed E-state index contributed by atoms with van der Waals surface area (Å²) in [4.78, 5) is 35.7. The summed E-state index contributed by atoms with van der Waals surface area (Å²) in [7, 11) is 0. The van der Waals surface area contributed by atoms with Crippen molar-refractivity contribution in [3.8, 4) is 0 Å². The molecule has 5 N–H and O–H groups in total. The number of rotatable bonds is 11. The highest BCUT2D eigenvalue weighted by molar-refractivity contribution is 5.94. The van der Waals surface area contributed by atoms with Gasteiger partial charge in [-0.05, 0) is 38.1 Å². The first-order chi connectivity index (χ1) is 12.3. The van der Waals surface area contributed by atoms with E-state index in [0.717, 1.165) is 19.6 Å². The molecule has 0 aliphatic heterocycles. The van der Waals surface area contributed by atoms with Gasteiger partial charge in [-0.15, -0.1) is 0 Å². The number of carbonyl (C=O) groups excluding carboxylic acids is 3. The second-order valence-electron chi connectivity index (χ2n) is 6.17. The molecule has 144 valence electrons. The number of carboxylic acid groups (broad SMARTS) is 1. The van der Waals surface area contributed by atoms with Crippen molar-refractivity contribution in [2.45, 2.75) is 33.2 Å². The number of anilines is 2. The zero-order valence-electron chi connectivity index (χ0n) is 15.6. The summed E-state index contributed by atoms with van der Waals surface area (Å²) in [5.41, 5.74) is 1.16. The van der Waals surface area contributed by atoms with Gasteiger partial charge in [-0.3, -0.25) is 9.59 Å². The second kappa shape index (κ2) is 11.2. The minimum Gasteiger partial charge on any atom is -0.544 e. The molecule has 1 atom stereocenters. The first-order valence-electron chi connectivity index (χ1n) is 8.90. The third kappa shape index (κ3) is 8.09. The van der Waals surface area contributed by atoms with Gasteiger partial charge in [0.15, 0.2) is 0 Å². The van der Waals surface area contributed by atoms with Crippen molar-refractivity contribution in [2.24, 2.45) is 0 Å². The SMILES string of the molecule is CC[NH+](CC)CC[NH2+][C@H](CC(=O)Nc1ccc(NC(C)=O)cc1)C(=O)[O-]. The number of likely N-dealkylation sites (N-methyl/N-ethyl adjacent to an activating group) is 1. The lowest BCUT2D eigenvalue weighted by Gasteiger charge is -2.19. The predicted octanol–water partition coefficient (Wildman–Crippen LogP) is -2.42. The molecule has 8 nitrogen and oxygen atoms in total. The first kappa shape index (κ1) is 21.6. The largest absolute Gasteiger partial charge is 0.544 e. The van der Waals surface area contributed by atoms with Gasteiger partial charge in [0.05, 0.1) is 25.5 Å². The molecule has 2 amide bonds. The Labute approximate surface area is 153 Å². The number of nitrogens with one attached hydrogen (secondary N) is 3. The molecule has 0 radical (unpaired) electrons. The van der Waals surface area contributed by atoms with Crippen LogP contribution in [0.2, 0.25) is 0 Å². The van der Waals surface area contributed by atoms with Gasteiger partial charge in [0.2, 0.25) is 11.8 Å². The molecule has 1 aromatic carbocycles. The van der Waals surface area contributed by atoms with Gasteiger partial charge in [0.25, 0.3) is 0 Å². The third-order valence-electron chi connectivity index (χ3n) is 4.15. The standard InChI is InChI=1S/C18H28N4O4/c1-4-22(5-2)11-10-19-16(18(25)26)12-17(24)21-15-8-6-14(7-9-15)20-13(3)23/h6-9,16,19H,4-5,10-12H2,1-3H3,(H,20,23)(H,21,24)(H,25,26)/p+1/t16-/m1/s1. The highest BCUT2D eigenvalue weighted by Gasteiger charge is 2.19. The lowest BCUT2D eigenvalue weighted by molar-refractivity contribution is -0.910. The summed E-state index contributed by atoms with van der Waals surface area (Å²) in [5, 5.41) is 18.2. The molecule has 0 saturated carbocycles. The molecular formula is C18H29N4O4+. The molecule has 26 heavy (non-hydrogen) atoms. The number of hydrogen-bond donors (Lipinski definition) is 4. The minimum absolute atomic E-state index is 0.163. The van der Waals surface area contributed by atoms with Crippen LogP contribution in [0.3, 0.4) is 0 Å². The van der Waals surface area contributed by atoms with Crippen molar-refractivity contribution in [2.75, 3.05) is 36.8 Å². The molecule has 0 unspecified atom stereocenters. The van der Waals surface area contributed by atoms with Gasteiger partial charge >= 0.3 is 0 Å².